The number of carbonyl (C=O) groups is 2. The number of nitrogens with zero attached hydrogens (tertiary/aromatic N) is 3. The molecule has 0 radical (unpaired) electrons. The van der Waals surface area contributed by atoms with Crippen LogP contribution in [0.15, 0.2) is 84.3 Å². The van der Waals surface area contributed by atoms with Crippen LogP contribution >= 0.6 is 0 Å². The molecule has 0 saturated carbocycles. The molecule has 2 atom stereocenters. The Hall–Kier alpha value is -4.12. The summed E-state index contributed by atoms with van der Waals surface area (Å²) in [5, 5.41) is 6.97. The molecule has 3 aromatic rings. The smallest absolute Gasteiger partial charge is 0.268 e. The summed E-state index contributed by atoms with van der Waals surface area (Å²) >= 11 is 0. The van der Waals surface area contributed by atoms with E-state index in [2.05, 4.69) is 15.5 Å². The van der Waals surface area contributed by atoms with E-state index in [1.165, 1.54) is 0 Å². The van der Waals surface area contributed by atoms with Crippen LogP contribution in [-0.2, 0) is 24.8 Å². The molecule has 1 aromatic heterocycles. The van der Waals surface area contributed by atoms with Crippen LogP contribution in [0, 0.1) is 0 Å². The quantitative estimate of drug-likeness (QED) is 0.498. The summed E-state index contributed by atoms with van der Waals surface area (Å²) in [7, 11) is 0. The molecule has 1 fully saturated rings. The number of hydrogen-bond donors (Lipinski definition) is 2. The third-order valence-electron chi connectivity index (χ3n) is 6.40. The van der Waals surface area contributed by atoms with Crippen molar-refractivity contribution in [2.24, 2.45) is 10.9 Å². The molecule has 192 valence electrons. The highest BCUT2D eigenvalue weighted by Crippen LogP contribution is 2.37. The monoisotopic (exact) mass is 503 g/mol. The van der Waals surface area contributed by atoms with Crippen LogP contribution in [-0.4, -0.2) is 65.2 Å². The number of anilines is 1. The maximum Gasteiger partial charge on any atom is 0.268 e. The molecule has 37 heavy (non-hydrogen) atoms. The highest BCUT2D eigenvalue weighted by Gasteiger charge is 2.40. The van der Waals surface area contributed by atoms with E-state index in [0.29, 0.717) is 37.5 Å². The average molecular weight is 504 g/mol. The Labute approximate surface area is 214 Å². The zero-order valence-corrected chi connectivity index (χ0v) is 20.2. The lowest BCUT2D eigenvalue weighted by atomic mass is 9.84. The number of hydrogen-bond acceptors (Lipinski definition) is 7. The molecule has 2 aliphatic rings. The molecule has 5 N–H and O–H groups in total. The van der Waals surface area contributed by atoms with Gasteiger partial charge in [0, 0.05) is 43.2 Å². The Morgan fingerprint density at radius 1 is 1.05 bits per heavy atom. The lowest BCUT2D eigenvalue weighted by molar-refractivity contribution is -0.126. The van der Waals surface area contributed by atoms with Gasteiger partial charge in [-0.15, -0.1) is 0 Å². The zero-order valence-electron chi connectivity index (χ0n) is 20.2. The second-order valence-electron chi connectivity index (χ2n) is 8.86. The first kappa shape index (κ1) is 26.0. The zero-order chi connectivity index (χ0) is 25.0. The van der Waals surface area contributed by atoms with E-state index in [1.807, 2.05) is 71.6 Å². The molecule has 1 saturated heterocycles. The summed E-state index contributed by atoms with van der Waals surface area (Å²) in [5.41, 5.74) is 8.76. The molecule has 10 heteroatoms. The topological polar surface area (TPSA) is 151 Å². The first-order valence-corrected chi connectivity index (χ1v) is 11.8. The fraction of sp³-hybridized carbons (Fsp3) is 0.259. The number of primary amides is 1. The lowest BCUT2D eigenvalue weighted by Gasteiger charge is -2.43. The Morgan fingerprint density at radius 2 is 1.81 bits per heavy atom. The van der Waals surface area contributed by atoms with Gasteiger partial charge in [-0.2, -0.15) is 0 Å². The van der Waals surface area contributed by atoms with Crippen molar-refractivity contribution in [1.29, 1.82) is 0 Å². The van der Waals surface area contributed by atoms with Crippen LogP contribution in [0.25, 0.3) is 0 Å². The molecule has 0 spiro atoms. The van der Waals surface area contributed by atoms with E-state index in [0.717, 1.165) is 16.7 Å². The third kappa shape index (κ3) is 5.67. The molecular weight excluding hydrogens is 474 g/mol. The summed E-state index contributed by atoms with van der Waals surface area (Å²) in [5.74, 6) is -0.647. The van der Waals surface area contributed by atoms with Crippen molar-refractivity contribution < 1.29 is 24.6 Å². The SMILES string of the molecule is NC(=O)CN1CCOC(c2ccccc2)(c2ccc(NC(=O)C3CC(c4cccnc4)=NO3)cc2)C1.O. The van der Waals surface area contributed by atoms with Crippen molar-refractivity contribution in [1.82, 2.24) is 9.88 Å². The van der Waals surface area contributed by atoms with Gasteiger partial charge in [0.1, 0.15) is 5.60 Å². The Bertz CT molecular complexity index is 1250. The van der Waals surface area contributed by atoms with Gasteiger partial charge in [-0.1, -0.05) is 47.6 Å². The molecule has 0 bridgehead atoms. The van der Waals surface area contributed by atoms with Crippen molar-refractivity contribution in [3.05, 3.63) is 95.8 Å². The molecule has 5 rings (SSSR count). The number of oxime groups is 1. The molecular formula is C27H29N5O5. The maximum atomic E-state index is 12.8. The molecule has 2 aromatic carbocycles. The second-order valence-corrected chi connectivity index (χ2v) is 8.86. The lowest BCUT2D eigenvalue weighted by Crippen LogP contribution is -2.52. The number of benzene rings is 2. The summed E-state index contributed by atoms with van der Waals surface area (Å²) in [6.07, 6.45) is 3.04. The molecule has 2 aliphatic heterocycles. The number of carbonyl (C=O) groups excluding carboxylic acids is 2. The van der Waals surface area contributed by atoms with Crippen LogP contribution in [0.5, 0.6) is 0 Å². The molecule has 2 amide bonds. The van der Waals surface area contributed by atoms with E-state index in [-0.39, 0.29) is 23.8 Å². The number of amides is 2. The van der Waals surface area contributed by atoms with E-state index < -0.39 is 11.7 Å². The fourth-order valence-electron chi connectivity index (χ4n) is 4.63. The first-order chi connectivity index (χ1) is 17.5. The highest BCUT2D eigenvalue weighted by atomic mass is 16.6. The molecule has 2 unspecified atom stereocenters. The van der Waals surface area contributed by atoms with Gasteiger partial charge < -0.3 is 26.1 Å². The van der Waals surface area contributed by atoms with Gasteiger partial charge in [-0.05, 0) is 35.4 Å². The standard InChI is InChI=1S/C27H27N5O4.H2O/c28-25(33)17-32-13-14-35-27(18-32,20-6-2-1-3-7-20)21-8-10-22(11-9-21)30-26(34)24-15-23(31-36-24)19-5-4-12-29-16-19;/h1-12,16,24H,13-15,17-18H2,(H2,28,33)(H,30,34);1H2. The Balaban J connectivity index is 0.00000320. The minimum absolute atomic E-state index is 0. The van der Waals surface area contributed by atoms with E-state index in [1.54, 1.807) is 12.4 Å². The van der Waals surface area contributed by atoms with Crippen molar-refractivity contribution in [2.75, 3.05) is 31.6 Å². The van der Waals surface area contributed by atoms with Gasteiger partial charge in [0.05, 0.1) is 18.9 Å². The van der Waals surface area contributed by atoms with Gasteiger partial charge >= 0.3 is 0 Å². The van der Waals surface area contributed by atoms with E-state index >= 15 is 0 Å². The van der Waals surface area contributed by atoms with Crippen LogP contribution in [0.1, 0.15) is 23.1 Å². The predicted octanol–water partition coefficient (Wildman–Crippen LogP) is 1.45. The first-order valence-electron chi connectivity index (χ1n) is 11.8. The molecule has 10 nitrogen and oxygen atoms in total. The van der Waals surface area contributed by atoms with E-state index in [4.69, 9.17) is 15.3 Å². The van der Waals surface area contributed by atoms with Gasteiger partial charge in [0.15, 0.2) is 0 Å². The van der Waals surface area contributed by atoms with Crippen LogP contribution in [0.2, 0.25) is 0 Å². The number of rotatable bonds is 7. The summed E-state index contributed by atoms with van der Waals surface area (Å²) in [4.78, 5) is 35.9. The van der Waals surface area contributed by atoms with Crippen molar-refractivity contribution in [3.8, 4) is 0 Å². The van der Waals surface area contributed by atoms with Gasteiger partial charge in [-0.25, -0.2) is 0 Å². The minimum Gasteiger partial charge on any atom is -0.412 e. The third-order valence-corrected chi connectivity index (χ3v) is 6.40. The minimum atomic E-state index is -0.765. The van der Waals surface area contributed by atoms with Crippen LogP contribution < -0.4 is 11.1 Å². The predicted molar refractivity (Wildman–Crippen MR) is 138 cm³/mol. The maximum absolute atomic E-state index is 12.8. The highest BCUT2D eigenvalue weighted by molar-refractivity contribution is 6.05. The van der Waals surface area contributed by atoms with Crippen LogP contribution in [0.3, 0.4) is 0 Å². The summed E-state index contributed by atoms with van der Waals surface area (Å²) < 4.78 is 6.38. The van der Waals surface area contributed by atoms with Crippen molar-refractivity contribution >= 4 is 23.2 Å². The summed E-state index contributed by atoms with van der Waals surface area (Å²) in [6.45, 7) is 1.72. The average Bonchev–Trinajstić information content (AvgIpc) is 3.41. The van der Waals surface area contributed by atoms with Gasteiger partial charge in [0.2, 0.25) is 12.0 Å². The van der Waals surface area contributed by atoms with Gasteiger partial charge in [-0.3, -0.25) is 19.5 Å². The normalized spacial score (nSPS) is 21.3. The second kappa shape index (κ2) is 11.3. The number of ether oxygens (including phenoxy) is 1. The number of morpholine rings is 1. The number of aromatic nitrogens is 1. The number of nitrogens with two attached hydrogens (primary N) is 1. The Kier molecular flexibility index (Phi) is 7.92. The number of nitrogens with one attached hydrogen (secondary N) is 1. The number of pyridine rings is 1. The Morgan fingerprint density at radius 3 is 2.51 bits per heavy atom. The largest absolute Gasteiger partial charge is 0.412 e. The summed E-state index contributed by atoms with van der Waals surface area (Å²) in [6, 6.07) is 21.2. The fourth-order valence-corrected chi connectivity index (χ4v) is 4.63. The van der Waals surface area contributed by atoms with E-state index in [9.17, 15) is 9.59 Å². The molecule has 0 aliphatic carbocycles. The van der Waals surface area contributed by atoms with Gasteiger partial charge in [0.25, 0.3) is 5.91 Å². The molecule has 3 heterocycles. The van der Waals surface area contributed by atoms with Crippen molar-refractivity contribution in [2.45, 2.75) is 18.1 Å². The van der Waals surface area contributed by atoms with Crippen LogP contribution in [0.4, 0.5) is 5.69 Å². The van der Waals surface area contributed by atoms with Crippen molar-refractivity contribution in [3.63, 3.8) is 0 Å².